The van der Waals surface area contributed by atoms with Crippen molar-refractivity contribution >= 4 is 17.3 Å². The standard InChI is InChI=1S/C13H18FN3O2/c14-10-2-3-12(11(15)8-10)16-13(18)9-17-4-1-6-19-7-5-17/h2-3,8H,1,4-7,9,15H2,(H,16,18). The highest BCUT2D eigenvalue weighted by Gasteiger charge is 2.14. The van der Waals surface area contributed by atoms with Gasteiger partial charge in [-0.05, 0) is 24.6 Å². The van der Waals surface area contributed by atoms with E-state index in [0.29, 0.717) is 18.8 Å². The lowest BCUT2D eigenvalue weighted by Gasteiger charge is -2.18. The van der Waals surface area contributed by atoms with Crippen LogP contribution in [0.3, 0.4) is 0 Å². The Morgan fingerprint density at radius 1 is 1.42 bits per heavy atom. The van der Waals surface area contributed by atoms with Crippen LogP contribution < -0.4 is 11.1 Å². The Hall–Kier alpha value is -1.66. The van der Waals surface area contributed by atoms with Crippen LogP contribution in [0.4, 0.5) is 15.8 Å². The van der Waals surface area contributed by atoms with E-state index in [1.165, 1.54) is 18.2 Å². The minimum atomic E-state index is -0.417. The number of anilines is 2. The van der Waals surface area contributed by atoms with Crippen LogP contribution in [0, 0.1) is 5.82 Å². The van der Waals surface area contributed by atoms with Gasteiger partial charge in [-0.3, -0.25) is 9.69 Å². The number of nitrogens with one attached hydrogen (secondary N) is 1. The van der Waals surface area contributed by atoms with Crippen LogP contribution in [0.5, 0.6) is 0 Å². The lowest BCUT2D eigenvalue weighted by atomic mass is 10.2. The van der Waals surface area contributed by atoms with Gasteiger partial charge in [-0.2, -0.15) is 0 Å². The molecule has 0 radical (unpaired) electrons. The third-order valence-electron chi connectivity index (χ3n) is 2.97. The smallest absolute Gasteiger partial charge is 0.238 e. The second-order valence-corrected chi connectivity index (χ2v) is 4.52. The molecule has 3 N–H and O–H groups in total. The Morgan fingerprint density at radius 2 is 2.26 bits per heavy atom. The SMILES string of the molecule is Nc1cc(F)ccc1NC(=O)CN1CCCOCC1. The molecule has 19 heavy (non-hydrogen) atoms. The van der Waals surface area contributed by atoms with Gasteiger partial charge in [-0.1, -0.05) is 0 Å². The number of carbonyl (C=O) groups excluding carboxylic acids is 1. The molecule has 1 aliphatic rings. The summed E-state index contributed by atoms with van der Waals surface area (Å²) < 4.78 is 18.2. The van der Waals surface area contributed by atoms with Gasteiger partial charge >= 0.3 is 0 Å². The molecule has 0 aromatic heterocycles. The van der Waals surface area contributed by atoms with Crippen LogP contribution in [-0.4, -0.2) is 43.7 Å². The average molecular weight is 267 g/mol. The number of ether oxygens (including phenoxy) is 1. The first kappa shape index (κ1) is 13.8. The van der Waals surface area contributed by atoms with Crippen LogP contribution in [0.2, 0.25) is 0 Å². The van der Waals surface area contributed by atoms with E-state index in [0.717, 1.165) is 26.1 Å². The van der Waals surface area contributed by atoms with Crippen LogP contribution in [-0.2, 0) is 9.53 Å². The lowest BCUT2D eigenvalue weighted by molar-refractivity contribution is -0.117. The number of nitrogens with zero attached hydrogens (tertiary/aromatic N) is 1. The van der Waals surface area contributed by atoms with Gasteiger partial charge < -0.3 is 15.8 Å². The molecule has 5 nitrogen and oxygen atoms in total. The number of hydrogen-bond donors (Lipinski definition) is 2. The fourth-order valence-electron chi connectivity index (χ4n) is 2.00. The van der Waals surface area contributed by atoms with Gasteiger partial charge in [-0.25, -0.2) is 4.39 Å². The molecule has 1 aliphatic heterocycles. The van der Waals surface area contributed by atoms with Gasteiger partial charge in [0.25, 0.3) is 0 Å². The summed E-state index contributed by atoms with van der Waals surface area (Å²) in [7, 11) is 0. The van der Waals surface area contributed by atoms with Crippen LogP contribution >= 0.6 is 0 Å². The molecule has 2 rings (SSSR count). The number of amides is 1. The molecule has 1 saturated heterocycles. The second kappa shape index (κ2) is 6.49. The van der Waals surface area contributed by atoms with Crippen molar-refractivity contribution in [1.29, 1.82) is 0 Å². The van der Waals surface area contributed by atoms with Crippen LogP contribution in [0.25, 0.3) is 0 Å². The molecular weight excluding hydrogens is 249 g/mol. The maximum atomic E-state index is 12.9. The number of nitrogens with two attached hydrogens (primary N) is 1. The Labute approximate surface area is 111 Å². The second-order valence-electron chi connectivity index (χ2n) is 4.52. The molecule has 1 fully saturated rings. The molecule has 0 bridgehead atoms. The summed E-state index contributed by atoms with van der Waals surface area (Å²) >= 11 is 0. The van der Waals surface area contributed by atoms with Crippen molar-refractivity contribution in [3.8, 4) is 0 Å². The molecule has 0 unspecified atom stereocenters. The van der Waals surface area contributed by atoms with Crippen molar-refractivity contribution in [3.63, 3.8) is 0 Å². The highest BCUT2D eigenvalue weighted by Crippen LogP contribution is 2.18. The third-order valence-corrected chi connectivity index (χ3v) is 2.97. The zero-order valence-electron chi connectivity index (χ0n) is 10.7. The van der Waals surface area contributed by atoms with Crippen molar-refractivity contribution in [3.05, 3.63) is 24.0 Å². The molecule has 6 heteroatoms. The summed E-state index contributed by atoms with van der Waals surface area (Å²) in [5.41, 5.74) is 6.31. The molecule has 0 atom stereocenters. The van der Waals surface area contributed by atoms with Gasteiger partial charge in [0, 0.05) is 19.7 Å². The maximum absolute atomic E-state index is 12.9. The quantitative estimate of drug-likeness (QED) is 0.804. The Balaban J connectivity index is 1.89. The summed E-state index contributed by atoms with van der Waals surface area (Å²) in [5, 5.41) is 2.69. The number of nitrogen functional groups attached to an aromatic ring is 1. The molecule has 1 heterocycles. The Morgan fingerprint density at radius 3 is 3.05 bits per heavy atom. The largest absolute Gasteiger partial charge is 0.397 e. The summed E-state index contributed by atoms with van der Waals surface area (Å²) in [4.78, 5) is 13.9. The number of rotatable bonds is 3. The van der Waals surface area contributed by atoms with Crippen molar-refractivity contribution in [2.45, 2.75) is 6.42 Å². The summed E-state index contributed by atoms with van der Waals surface area (Å²) in [5.74, 6) is -0.569. The normalized spacial score (nSPS) is 16.9. The topological polar surface area (TPSA) is 67.6 Å². The van der Waals surface area contributed by atoms with Crippen molar-refractivity contribution in [1.82, 2.24) is 4.90 Å². The number of benzene rings is 1. The molecule has 1 aromatic rings. The first-order chi connectivity index (χ1) is 9.15. The monoisotopic (exact) mass is 267 g/mol. The van der Waals surface area contributed by atoms with E-state index in [1.54, 1.807) is 0 Å². The third kappa shape index (κ3) is 4.18. The van der Waals surface area contributed by atoms with Gasteiger partial charge in [0.05, 0.1) is 24.5 Å². The highest BCUT2D eigenvalue weighted by molar-refractivity contribution is 5.95. The average Bonchev–Trinajstić information content (AvgIpc) is 2.61. The molecule has 1 amide bonds. The van der Waals surface area contributed by atoms with Crippen molar-refractivity contribution in [2.24, 2.45) is 0 Å². The minimum absolute atomic E-state index is 0.153. The predicted molar refractivity (Wildman–Crippen MR) is 71.3 cm³/mol. The fourth-order valence-corrected chi connectivity index (χ4v) is 2.00. The molecule has 104 valence electrons. The van der Waals surface area contributed by atoms with Crippen LogP contribution in [0.15, 0.2) is 18.2 Å². The number of hydrogen-bond acceptors (Lipinski definition) is 4. The minimum Gasteiger partial charge on any atom is -0.397 e. The number of carbonyl (C=O) groups is 1. The molecular formula is C13H18FN3O2. The summed E-state index contributed by atoms with van der Waals surface area (Å²) in [6.45, 7) is 3.26. The zero-order chi connectivity index (χ0) is 13.7. The van der Waals surface area contributed by atoms with Gasteiger partial charge in [0.2, 0.25) is 5.91 Å². The molecule has 1 aromatic carbocycles. The van der Waals surface area contributed by atoms with E-state index in [1.807, 2.05) is 4.90 Å². The van der Waals surface area contributed by atoms with Crippen molar-refractivity contribution in [2.75, 3.05) is 43.9 Å². The van der Waals surface area contributed by atoms with Crippen molar-refractivity contribution < 1.29 is 13.9 Å². The zero-order valence-corrected chi connectivity index (χ0v) is 10.7. The van der Waals surface area contributed by atoms with E-state index < -0.39 is 5.82 Å². The molecule has 0 aliphatic carbocycles. The summed E-state index contributed by atoms with van der Waals surface area (Å²) in [6.07, 6.45) is 0.923. The van der Waals surface area contributed by atoms with E-state index >= 15 is 0 Å². The molecule has 0 saturated carbocycles. The van der Waals surface area contributed by atoms with E-state index in [2.05, 4.69) is 5.32 Å². The van der Waals surface area contributed by atoms with Gasteiger partial charge in [0.15, 0.2) is 0 Å². The number of halogens is 1. The first-order valence-corrected chi connectivity index (χ1v) is 6.30. The fraction of sp³-hybridized carbons (Fsp3) is 0.462. The maximum Gasteiger partial charge on any atom is 0.238 e. The Bertz CT molecular complexity index is 446. The van der Waals surface area contributed by atoms with Gasteiger partial charge in [0.1, 0.15) is 5.82 Å². The van der Waals surface area contributed by atoms with Gasteiger partial charge in [-0.15, -0.1) is 0 Å². The predicted octanol–water partition coefficient (Wildman–Crippen LogP) is 1.07. The van der Waals surface area contributed by atoms with E-state index in [4.69, 9.17) is 10.5 Å². The van der Waals surface area contributed by atoms with E-state index in [-0.39, 0.29) is 11.6 Å². The Kier molecular flexibility index (Phi) is 4.70. The summed E-state index contributed by atoms with van der Waals surface area (Å²) in [6, 6.07) is 3.93. The molecule has 0 spiro atoms. The van der Waals surface area contributed by atoms with Crippen LogP contribution in [0.1, 0.15) is 6.42 Å². The highest BCUT2D eigenvalue weighted by atomic mass is 19.1. The lowest BCUT2D eigenvalue weighted by Crippen LogP contribution is -2.35. The first-order valence-electron chi connectivity index (χ1n) is 6.30. The van der Waals surface area contributed by atoms with E-state index in [9.17, 15) is 9.18 Å².